The van der Waals surface area contributed by atoms with E-state index in [1.54, 1.807) is 0 Å². The lowest BCUT2D eigenvalue weighted by Crippen LogP contribution is -2.14. The van der Waals surface area contributed by atoms with Gasteiger partial charge in [-0.1, -0.05) is 169 Å². The first-order valence-corrected chi connectivity index (χ1v) is 17.4. The largest absolute Gasteiger partial charge is 0.310 e. The molecule has 0 aliphatic heterocycles. The molecular weight excluding hydrogens is 591 g/mol. The van der Waals surface area contributed by atoms with Crippen molar-refractivity contribution in [1.29, 1.82) is 0 Å². The predicted molar refractivity (Wildman–Crippen MR) is 212 cm³/mol. The maximum atomic E-state index is 2.43. The van der Waals surface area contributed by atoms with Crippen LogP contribution in [0.4, 0.5) is 17.1 Å². The van der Waals surface area contributed by atoms with E-state index in [1.165, 1.54) is 55.3 Å². The SMILES string of the molecule is CC(C)(C)c1ccc2c(-c3ccc(-c4ccccc4)cc3N(c3ccccc3)c3ccc(-c4ccccc4)cc3)cc(C(C)(C)C)cc2c1. The Labute approximate surface area is 292 Å². The average molecular weight is 636 g/mol. The standard InChI is InChI=1S/C48H45N/c1-47(2,3)39-25-29-43-38(30-39)31-40(48(4,5)6)33-45(43)44-28-24-37(35-18-12-8-13-19-35)32-46(44)49(41-20-14-9-15-21-41)42-26-22-36(23-27-42)34-16-10-7-11-17-34/h7-33H,1-6H3. The first-order chi connectivity index (χ1) is 23.6. The first kappa shape index (κ1) is 32.2. The summed E-state index contributed by atoms with van der Waals surface area (Å²) < 4.78 is 0. The quantitative estimate of drug-likeness (QED) is 0.176. The van der Waals surface area contributed by atoms with Crippen molar-refractivity contribution < 1.29 is 0 Å². The van der Waals surface area contributed by atoms with Crippen molar-refractivity contribution in [2.75, 3.05) is 4.90 Å². The Morgan fingerprint density at radius 3 is 1.45 bits per heavy atom. The second-order valence-electron chi connectivity index (χ2n) is 15.1. The smallest absolute Gasteiger partial charge is 0.0546 e. The molecule has 0 aliphatic carbocycles. The number of fused-ring (bicyclic) bond motifs is 1. The molecule has 7 aromatic carbocycles. The molecule has 0 bridgehead atoms. The molecule has 0 amide bonds. The maximum absolute atomic E-state index is 2.43. The fourth-order valence-corrected chi connectivity index (χ4v) is 6.68. The van der Waals surface area contributed by atoms with Crippen LogP contribution in [0.15, 0.2) is 164 Å². The number of rotatable bonds is 6. The van der Waals surface area contributed by atoms with Crippen LogP contribution in [0.3, 0.4) is 0 Å². The van der Waals surface area contributed by atoms with Crippen molar-refractivity contribution in [3.8, 4) is 33.4 Å². The van der Waals surface area contributed by atoms with Crippen LogP contribution < -0.4 is 4.90 Å². The third-order valence-corrected chi connectivity index (χ3v) is 9.57. The molecule has 0 saturated carbocycles. The van der Waals surface area contributed by atoms with Crippen molar-refractivity contribution in [2.24, 2.45) is 0 Å². The van der Waals surface area contributed by atoms with Gasteiger partial charge in [-0.25, -0.2) is 0 Å². The molecular formula is C48H45N. The molecule has 0 heterocycles. The van der Waals surface area contributed by atoms with Crippen LogP contribution in [0.5, 0.6) is 0 Å². The van der Waals surface area contributed by atoms with E-state index in [0.29, 0.717) is 0 Å². The highest BCUT2D eigenvalue weighted by Gasteiger charge is 2.23. The van der Waals surface area contributed by atoms with Crippen LogP contribution in [-0.2, 0) is 10.8 Å². The lowest BCUT2D eigenvalue weighted by Gasteiger charge is -2.30. The van der Waals surface area contributed by atoms with Crippen molar-refractivity contribution in [2.45, 2.75) is 52.4 Å². The summed E-state index contributed by atoms with van der Waals surface area (Å²) in [6.45, 7) is 13.8. The maximum Gasteiger partial charge on any atom is 0.0546 e. The molecule has 0 spiro atoms. The summed E-state index contributed by atoms with van der Waals surface area (Å²) in [5.74, 6) is 0. The van der Waals surface area contributed by atoms with Gasteiger partial charge in [0.1, 0.15) is 0 Å². The van der Waals surface area contributed by atoms with Crippen molar-refractivity contribution >= 4 is 27.8 Å². The molecule has 1 nitrogen and oxygen atoms in total. The summed E-state index contributed by atoms with van der Waals surface area (Å²) in [7, 11) is 0. The molecule has 0 N–H and O–H groups in total. The van der Waals surface area contributed by atoms with Gasteiger partial charge in [0.25, 0.3) is 0 Å². The number of nitrogens with zero attached hydrogens (tertiary/aromatic N) is 1. The molecule has 0 fully saturated rings. The van der Waals surface area contributed by atoms with Gasteiger partial charge in [0.2, 0.25) is 0 Å². The Hall–Kier alpha value is -5.40. The highest BCUT2D eigenvalue weighted by atomic mass is 15.1. The number of hydrogen-bond acceptors (Lipinski definition) is 1. The molecule has 7 aromatic rings. The van der Waals surface area contributed by atoms with E-state index in [4.69, 9.17) is 0 Å². The normalized spacial score (nSPS) is 11.9. The van der Waals surface area contributed by atoms with E-state index >= 15 is 0 Å². The molecule has 0 saturated heterocycles. The molecule has 0 aromatic heterocycles. The minimum atomic E-state index is -0.0167. The van der Waals surface area contributed by atoms with Gasteiger partial charge in [0.15, 0.2) is 0 Å². The summed E-state index contributed by atoms with van der Waals surface area (Å²) >= 11 is 0. The van der Waals surface area contributed by atoms with Crippen LogP contribution in [0.1, 0.15) is 52.7 Å². The van der Waals surface area contributed by atoms with E-state index in [0.717, 1.165) is 17.1 Å². The van der Waals surface area contributed by atoms with Gasteiger partial charge < -0.3 is 4.90 Å². The molecule has 1 heteroatoms. The summed E-state index contributed by atoms with van der Waals surface area (Å²) in [6.07, 6.45) is 0. The van der Waals surface area contributed by atoms with Gasteiger partial charge in [-0.15, -0.1) is 0 Å². The summed E-state index contributed by atoms with van der Waals surface area (Å²) in [5, 5.41) is 2.55. The van der Waals surface area contributed by atoms with Crippen LogP contribution in [0, 0.1) is 0 Å². The Morgan fingerprint density at radius 1 is 0.367 bits per heavy atom. The summed E-state index contributed by atoms with van der Waals surface area (Å²) in [6, 6.07) is 60.0. The van der Waals surface area contributed by atoms with Crippen molar-refractivity contribution in [1.82, 2.24) is 0 Å². The van der Waals surface area contributed by atoms with E-state index in [-0.39, 0.29) is 10.8 Å². The second-order valence-corrected chi connectivity index (χ2v) is 15.1. The Morgan fingerprint density at radius 2 is 0.857 bits per heavy atom. The average Bonchev–Trinajstić information content (AvgIpc) is 3.12. The number of anilines is 3. The van der Waals surface area contributed by atoms with Crippen LogP contribution >= 0.6 is 0 Å². The van der Waals surface area contributed by atoms with Gasteiger partial charge in [-0.2, -0.15) is 0 Å². The minimum absolute atomic E-state index is 0.0167. The van der Waals surface area contributed by atoms with Crippen molar-refractivity contribution in [3.63, 3.8) is 0 Å². The summed E-state index contributed by atoms with van der Waals surface area (Å²) in [4.78, 5) is 2.43. The van der Waals surface area contributed by atoms with E-state index in [2.05, 4.69) is 210 Å². The zero-order valence-corrected chi connectivity index (χ0v) is 29.5. The zero-order chi connectivity index (χ0) is 34.2. The van der Waals surface area contributed by atoms with Crippen LogP contribution in [-0.4, -0.2) is 0 Å². The molecule has 242 valence electrons. The molecule has 0 atom stereocenters. The van der Waals surface area contributed by atoms with Gasteiger partial charge in [-0.05, 0) is 96.9 Å². The topological polar surface area (TPSA) is 3.24 Å². The Kier molecular flexibility index (Phi) is 8.47. The van der Waals surface area contributed by atoms with Crippen LogP contribution in [0.2, 0.25) is 0 Å². The van der Waals surface area contributed by atoms with Gasteiger partial charge in [0, 0.05) is 16.9 Å². The molecule has 49 heavy (non-hydrogen) atoms. The predicted octanol–water partition coefficient (Wildman–Crippen LogP) is 13.9. The molecule has 0 radical (unpaired) electrons. The zero-order valence-electron chi connectivity index (χ0n) is 29.5. The fourth-order valence-electron chi connectivity index (χ4n) is 6.68. The molecule has 0 aliphatic rings. The van der Waals surface area contributed by atoms with E-state index in [1.807, 2.05) is 0 Å². The summed E-state index contributed by atoms with van der Waals surface area (Å²) in [5.41, 5.74) is 13.4. The first-order valence-electron chi connectivity index (χ1n) is 17.4. The minimum Gasteiger partial charge on any atom is -0.310 e. The number of benzene rings is 7. The lowest BCUT2D eigenvalue weighted by molar-refractivity contribution is 0.589. The molecule has 0 unspecified atom stereocenters. The fraction of sp³-hybridized carbons (Fsp3) is 0.167. The number of hydrogen-bond donors (Lipinski definition) is 0. The monoisotopic (exact) mass is 635 g/mol. The number of para-hydroxylation sites is 1. The third-order valence-electron chi connectivity index (χ3n) is 9.57. The van der Waals surface area contributed by atoms with Gasteiger partial charge >= 0.3 is 0 Å². The Balaban J connectivity index is 1.51. The van der Waals surface area contributed by atoms with Gasteiger partial charge in [0.05, 0.1) is 5.69 Å². The van der Waals surface area contributed by atoms with E-state index < -0.39 is 0 Å². The highest BCUT2D eigenvalue weighted by Crippen LogP contribution is 2.46. The van der Waals surface area contributed by atoms with E-state index in [9.17, 15) is 0 Å². The lowest BCUT2D eigenvalue weighted by atomic mass is 9.80. The Bertz CT molecular complexity index is 2190. The second kappa shape index (κ2) is 12.9. The van der Waals surface area contributed by atoms with Crippen molar-refractivity contribution in [3.05, 3.63) is 175 Å². The van der Waals surface area contributed by atoms with Crippen LogP contribution in [0.25, 0.3) is 44.2 Å². The highest BCUT2D eigenvalue weighted by molar-refractivity contribution is 6.03. The molecule has 7 rings (SSSR count). The third kappa shape index (κ3) is 6.67. The van der Waals surface area contributed by atoms with Gasteiger partial charge in [-0.3, -0.25) is 0 Å².